The summed E-state index contributed by atoms with van der Waals surface area (Å²) in [5, 5.41) is 13.2. The smallest absolute Gasteiger partial charge is 0.0499 e. The fraction of sp³-hybridized carbons (Fsp3) is 0.625. The third kappa shape index (κ3) is 4.30. The Balaban J connectivity index is 2.77. The van der Waals surface area contributed by atoms with Crippen LogP contribution in [0.2, 0.25) is 0 Å². The van der Waals surface area contributed by atoms with Gasteiger partial charge in [0.05, 0.1) is 0 Å². The zero-order valence-electron chi connectivity index (χ0n) is 12.5. The van der Waals surface area contributed by atoms with Gasteiger partial charge in [0.1, 0.15) is 0 Å². The minimum atomic E-state index is -0.0918. The van der Waals surface area contributed by atoms with Gasteiger partial charge in [-0.2, -0.15) is 0 Å². The lowest BCUT2D eigenvalue weighted by Gasteiger charge is -2.35. The van der Waals surface area contributed by atoms with Gasteiger partial charge in [-0.25, -0.2) is 0 Å². The summed E-state index contributed by atoms with van der Waals surface area (Å²) >= 11 is 3.46. The van der Waals surface area contributed by atoms with E-state index in [-0.39, 0.29) is 17.6 Å². The molecule has 3 heteroatoms. The van der Waals surface area contributed by atoms with Crippen LogP contribution in [0.25, 0.3) is 0 Å². The normalized spacial score (nSPS) is 12.7. The molecule has 2 nitrogen and oxygen atoms in total. The maximum absolute atomic E-state index is 9.63. The van der Waals surface area contributed by atoms with Crippen molar-refractivity contribution >= 4 is 15.9 Å². The molecule has 0 spiro atoms. The Kier molecular flexibility index (Phi) is 6.03. The van der Waals surface area contributed by atoms with Gasteiger partial charge in [-0.3, -0.25) is 0 Å². The molecule has 0 saturated heterocycles. The molecule has 0 aliphatic carbocycles. The van der Waals surface area contributed by atoms with E-state index in [1.807, 2.05) is 0 Å². The molecule has 0 atom stereocenters. The highest BCUT2D eigenvalue weighted by molar-refractivity contribution is 9.10. The zero-order chi connectivity index (χ0) is 14.5. The minimum absolute atomic E-state index is 0.00731. The Labute approximate surface area is 125 Å². The Morgan fingerprint density at radius 2 is 1.63 bits per heavy atom. The van der Waals surface area contributed by atoms with Gasteiger partial charge in [-0.15, -0.1) is 0 Å². The van der Waals surface area contributed by atoms with Crippen molar-refractivity contribution < 1.29 is 5.11 Å². The van der Waals surface area contributed by atoms with E-state index in [1.54, 1.807) is 0 Å². The van der Waals surface area contributed by atoms with Crippen molar-refractivity contribution in [3.8, 4) is 0 Å². The zero-order valence-corrected chi connectivity index (χ0v) is 14.0. The maximum Gasteiger partial charge on any atom is 0.0499 e. The summed E-state index contributed by atoms with van der Waals surface area (Å²) < 4.78 is 1.10. The van der Waals surface area contributed by atoms with Crippen LogP contribution < -0.4 is 5.32 Å². The van der Waals surface area contributed by atoms with E-state index in [0.717, 1.165) is 23.9 Å². The van der Waals surface area contributed by atoms with Gasteiger partial charge in [0, 0.05) is 28.6 Å². The first-order valence-corrected chi connectivity index (χ1v) is 7.80. The Morgan fingerprint density at radius 1 is 1.11 bits per heavy atom. The van der Waals surface area contributed by atoms with Crippen molar-refractivity contribution in [1.29, 1.82) is 0 Å². The van der Waals surface area contributed by atoms with Crippen LogP contribution in [0.1, 0.15) is 46.1 Å². The number of aliphatic hydroxyl groups is 1. The summed E-state index contributed by atoms with van der Waals surface area (Å²) in [6, 6.07) is 8.40. The van der Waals surface area contributed by atoms with Gasteiger partial charge in [-0.1, -0.05) is 41.9 Å². The van der Waals surface area contributed by atoms with E-state index in [2.05, 4.69) is 73.2 Å². The lowest BCUT2D eigenvalue weighted by molar-refractivity contribution is 0.104. The molecular formula is C16H26BrNO. The molecule has 0 aliphatic heterocycles. The molecule has 0 aliphatic rings. The third-order valence-electron chi connectivity index (χ3n) is 4.31. The maximum atomic E-state index is 9.63. The summed E-state index contributed by atoms with van der Waals surface area (Å²) in [6.45, 7) is 9.73. The first-order chi connectivity index (χ1) is 8.89. The molecular weight excluding hydrogens is 302 g/mol. The van der Waals surface area contributed by atoms with E-state index in [4.69, 9.17) is 0 Å². The highest BCUT2D eigenvalue weighted by atomic mass is 79.9. The number of hydrogen-bond acceptors (Lipinski definition) is 2. The highest BCUT2D eigenvalue weighted by Gasteiger charge is 2.29. The van der Waals surface area contributed by atoms with Crippen molar-refractivity contribution in [2.45, 2.75) is 46.1 Å². The van der Waals surface area contributed by atoms with Crippen molar-refractivity contribution in [2.75, 3.05) is 13.2 Å². The van der Waals surface area contributed by atoms with Crippen molar-refractivity contribution in [1.82, 2.24) is 5.32 Å². The van der Waals surface area contributed by atoms with Gasteiger partial charge in [0.2, 0.25) is 0 Å². The lowest BCUT2D eigenvalue weighted by Crippen LogP contribution is -2.45. The molecule has 108 valence electrons. The molecule has 19 heavy (non-hydrogen) atoms. The van der Waals surface area contributed by atoms with E-state index < -0.39 is 0 Å². The molecule has 0 unspecified atom stereocenters. The fourth-order valence-corrected chi connectivity index (χ4v) is 2.42. The lowest BCUT2D eigenvalue weighted by atomic mass is 9.82. The number of hydrogen-bond donors (Lipinski definition) is 2. The Bertz CT molecular complexity index is 374. The molecule has 1 rings (SSSR count). The van der Waals surface area contributed by atoms with E-state index >= 15 is 0 Å². The van der Waals surface area contributed by atoms with Crippen molar-refractivity contribution in [3.63, 3.8) is 0 Å². The fourth-order valence-electron chi connectivity index (χ4n) is 2.16. The topological polar surface area (TPSA) is 32.3 Å². The van der Waals surface area contributed by atoms with Crippen LogP contribution in [0.5, 0.6) is 0 Å². The first-order valence-electron chi connectivity index (χ1n) is 7.01. The van der Waals surface area contributed by atoms with Gasteiger partial charge >= 0.3 is 0 Å². The summed E-state index contributed by atoms with van der Waals surface area (Å²) in [4.78, 5) is 0. The number of nitrogens with one attached hydrogen (secondary N) is 1. The van der Waals surface area contributed by atoms with Crippen LogP contribution >= 0.6 is 15.9 Å². The van der Waals surface area contributed by atoms with Gasteiger partial charge in [0.25, 0.3) is 0 Å². The quantitative estimate of drug-likeness (QED) is 0.791. The largest absolute Gasteiger partial charge is 0.396 e. The molecule has 2 N–H and O–H groups in total. The van der Waals surface area contributed by atoms with E-state index in [9.17, 15) is 5.11 Å². The van der Waals surface area contributed by atoms with E-state index in [0.29, 0.717) is 0 Å². The van der Waals surface area contributed by atoms with Crippen LogP contribution in [0.3, 0.4) is 0 Å². The molecule has 0 saturated carbocycles. The molecule has 0 fully saturated rings. The molecule has 0 bridgehead atoms. The summed E-state index contributed by atoms with van der Waals surface area (Å²) in [5.74, 6) is 0. The second-order valence-electron chi connectivity index (χ2n) is 5.85. The third-order valence-corrected chi connectivity index (χ3v) is 4.84. The molecule has 0 aromatic heterocycles. The summed E-state index contributed by atoms with van der Waals surface area (Å²) in [6.07, 6.45) is 1.98. The van der Waals surface area contributed by atoms with Gasteiger partial charge < -0.3 is 10.4 Å². The standard InChI is InChI=1S/C16H26BrNO/c1-5-16(6-2,12-19)11-18-15(3,4)13-7-9-14(17)10-8-13/h7-10,18-19H,5-6,11-12H2,1-4H3. The van der Waals surface area contributed by atoms with Crippen LogP contribution in [0.15, 0.2) is 28.7 Å². The monoisotopic (exact) mass is 327 g/mol. The first kappa shape index (κ1) is 16.7. The Morgan fingerprint density at radius 3 is 2.05 bits per heavy atom. The average molecular weight is 328 g/mol. The van der Waals surface area contributed by atoms with Crippen LogP contribution in [0, 0.1) is 5.41 Å². The molecule has 0 heterocycles. The number of rotatable bonds is 7. The molecule has 1 aromatic rings. The highest BCUT2D eigenvalue weighted by Crippen LogP contribution is 2.28. The van der Waals surface area contributed by atoms with Crippen molar-refractivity contribution in [2.24, 2.45) is 5.41 Å². The van der Waals surface area contributed by atoms with E-state index in [1.165, 1.54) is 5.56 Å². The Hall–Kier alpha value is -0.380. The summed E-state index contributed by atoms with van der Waals surface area (Å²) in [5.41, 5.74) is 1.16. The summed E-state index contributed by atoms with van der Waals surface area (Å²) in [7, 11) is 0. The van der Waals surface area contributed by atoms with Crippen molar-refractivity contribution in [3.05, 3.63) is 34.3 Å². The number of benzene rings is 1. The second-order valence-corrected chi connectivity index (χ2v) is 6.77. The SMILES string of the molecule is CCC(CC)(CO)CNC(C)(C)c1ccc(Br)cc1. The molecule has 0 amide bonds. The average Bonchev–Trinajstić information content (AvgIpc) is 2.41. The number of halogens is 1. The second kappa shape index (κ2) is 6.87. The van der Waals surface area contributed by atoms with Crippen LogP contribution in [0.4, 0.5) is 0 Å². The van der Waals surface area contributed by atoms with Gasteiger partial charge in [-0.05, 0) is 44.4 Å². The van der Waals surface area contributed by atoms with Crippen LogP contribution in [-0.2, 0) is 5.54 Å². The minimum Gasteiger partial charge on any atom is -0.396 e. The van der Waals surface area contributed by atoms with Crippen LogP contribution in [-0.4, -0.2) is 18.3 Å². The molecule has 1 aromatic carbocycles. The van der Waals surface area contributed by atoms with Gasteiger partial charge in [0.15, 0.2) is 0 Å². The number of aliphatic hydroxyl groups excluding tert-OH is 1. The predicted molar refractivity (Wildman–Crippen MR) is 85.3 cm³/mol. The molecule has 0 radical (unpaired) electrons. The predicted octanol–water partition coefficient (Wildman–Crippen LogP) is 4.07.